The van der Waals surface area contributed by atoms with Crippen LogP contribution in [0.2, 0.25) is 0 Å². The van der Waals surface area contributed by atoms with E-state index in [1.165, 1.54) is 6.08 Å². The average molecular weight is 200 g/mol. The van der Waals surface area contributed by atoms with Gasteiger partial charge in [-0.25, -0.2) is 4.39 Å². The lowest BCUT2D eigenvalue weighted by Gasteiger charge is -2.27. The Kier molecular flexibility index (Phi) is 4.59. The van der Waals surface area contributed by atoms with E-state index in [9.17, 15) is 9.18 Å². The largest absolute Gasteiger partial charge is 0.356 e. The molecular formula is C10H17FN2O. The molecule has 0 unspecified atom stereocenters. The van der Waals surface area contributed by atoms with Crippen LogP contribution in [0.25, 0.3) is 0 Å². The number of amides is 1. The molecule has 1 rings (SSSR count). The lowest BCUT2D eigenvalue weighted by Crippen LogP contribution is -2.34. The molecule has 0 saturated carbocycles. The number of halogens is 1. The summed E-state index contributed by atoms with van der Waals surface area (Å²) in [4.78, 5) is 13.0. The molecule has 3 nitrogen and oxygen atoms in total. The summed E-state index contributed by atoms with van der Waals surface area (Å²) in [6.07, 6.45) is 3.94. The Morgan fingerprint density at radius 1 is 1.57 bits per heavy atom. The summed E-state index contributed by atoms with van der Waals surface area (Å²) in [6.45, 7) is 2.32. The van der Waals surface area contributed by atoms with Gasteiger partial charge in [0.2, 0.25) is 5.91 Å². The van der Waals surface area contributed by atoms with Crippen LogP contribution < -0.4 is 5.32 Å². The highest BCUT2D eigenvalue weighted by molar-refractivity contribution is 5.87. The van der Waals surface area contributed by atoms with Crippen LogP contribution in [0.1, 0.15) is 12.8 Å². The van der Waals surface area contributed by atoms with Gasteiger partial charge >= 0.3 is 0 Å². The highest BCUT2D eigenvalue weighted by Gasteiger charge is 2.16. The van der Waals surface area contributed by atoms with Crippen molar-refractivity contribution in [1.82, 2.24) is 10.2 Å². The van der Waals surface area contributed by atoms with Crippen molar-refractivity contribution in [2.24, 2.45) is 0 Å². The van der Waals surface area contributed by atoms with E-state index in [1.54, 1.807) is 7.05 Å². The number of alkyl halides is 1. The van der Waals surface area contributed by atoms with Crippen LogP contribution in [-0.2, 0) is 4.79 Å². The van der Waals surface area contributed by atoms with Crippen molar-refractivity contribution in [3.63, 3.8) is 0 Å². The van der Waals surface area contributed by atoms with E-state index in [2.05, 4.69) is 10.2 Å². The van der Waals surface area contributed by atoms with Crippen LogP contribution >= 0.6 is 0 Å². The fourth-order valence-electron chi connectivity index (χ4n) is 1.48. The molecule has 0 atom stereocenters. The lowest BCUT2D eigenvalue weighted by atomic mass is 10.1. The summed E-state index contributed by atoms with van der Waals surface area (Å²) in [5, 5.41) is 2.51. The van der Waals surface area contributed by atoms with Crippen molar-refractivity contribution in [2.75, 3.05) is 26.7 Å². The van der Waals surface area contributed by atoms with Crippen molar-refractivity contribution >= 4 is 5.91 Å². The van der Waals surface area contributed by atoms with Crippen molar-refractivity contribution in [1.29, 1.82) is 0 Å². The summed E-state index contributed by atoms with van der Waals surface area (Å²) in [5.74, 6) is -0.0922. The first-order valence-corrected chi connectivity index (χ1v) is 4.97. The number of rotatable bonds is 3. The van der Waals surface area contributed by atoms with Gasteiger partial charge in [0.05, 0.1) is 0 Å². The molecule has 14 heavy (non-hydrogen) atoms. The first-order valence-electron chi connectivity index (χ1n) is 4.97. The van der Waals surface area contributed by atoms with Gasteiger partial charge in [0.25, 0.3) is 0 Å². The molecule has 0 aromatic rings. The molecule has 0 aromatic heterocycles. The molecule has 1 fully saturated rings. The lowest BCUT2D eigenvalue weighted by molar-refractivity contribution is -0.116. The quantitative estimate of drug-likeness (QED) is 0.681. The number of likely N-dealkylation sites (N-methyl/N-ethyl adjacent to an activating group) is 1. The summed E-state index contributed by atoms with van der Waals surface area (Å²) in [5.41, 5.74) is 0. The molecule has 1 aliphatic rings. The van der Waals surface area contributed by atoms with Gasteiger partial charge < -0.3 is 5.32 Å². The van der Waals surface area contributed by atoms with E-state index < -0.39 is 6.17 Å². The van der Waals surface area contributed by atoms with Crippen molar-refractivity contribution < 1.29 is 9.18 Å². The minimum Gasteiger partial charge on any atom is -0.356 e. The SMILES string of the molecule is CNC(=O)/C=C/CN1CCC(F)CC1. The highest BCUT2D eigenvalue weighted by Crippen LogP contribution is 2.12. The van der Waals surface area contributed by atoms with Crippen LogP contribution in [-0.4, -0.2) is 43.7 Å². The maximum atomic E-state index is 12.8. The normalized spacial score (nSPS) is 20.1. The third kappa shape index (κ3) is 3.87. The first kappa shape index (κ1) is 11.2. The molecule has 4 heteroatoms. The van der Waals surface area contributed by atoms with Crippen LogP contribution in [0.15, 0.2) is 12.2 Å². The fraction of sp³-hybridized carbons (Fsp3) is 0.700. The molecule has 0 radical (unpaired) electrons. The van der Waals surface area contributed by atoms with Crippen molar-refractivity contribution in [2.45, 2.75) is 19.0 Å². The van der Waals surface area contributed by atoms with E-state index in [1.807, 2.05) is 6.08 Å². The molecule has 0 spiro atoms. The van der Waals surface area contributed by atoms with Gasteiger partial charge in [-0.1, -0.05) is 6.08 Å². The van der Waals surface area contributed by atoms with Gasteiger partial charge in [-0.2, -0.15) is 0 Å². The predicted molar refractivity (Wildman–Crippen MR) is 53.8 cm³/mol. The van der Waals surface area contributed by atoms with E-state index in [0.29, 0.717) is 12.8 Å². The van der Waals surface area contributed by atoms with E-state index in [-0.39, 0.29) is 5.91 Å². The maximum absolute atomic E-state index is 12.8. The molecule has 1 heterocycles. The highest BCUT2D eigenvalue weighted by atomic mass is 19.1. The second-order valence-electron chi connectivity index (χ2n) is 3.49. The topological polar surface area (TPSA) is 32.3 Å². The molecule has 1 N–H and O–H groups in total. The number of likely N-dealkylation sites (tertiary alicyclic amines) is 1. The number of nitrogens with zero attached hydrogens (tertiary/aromatic N) is 1. The second kappa shape index (κ2) is 5.75. The number of hydrogen-bond donors (Lipinski definition) is 1. The van der Waals surface area contributed by atoms with E-state index in [0.717, 1.165) is 19.6 Å². The Hall–Kier alpha value is -0.900. The van der Waals surface area contributed by atoms with Crippen LogP contribution in [0.3, 0.4) is 0 Å². The molecular weight excluding hydrogens is 183 g/mol. The third-order valence-electron chi connectivity index (χ3n) is 2.40. The third-order valence-corrected chi connectivity index (χ3v) is 2.40. The summed E-state index contributed by atoms with van der Waals surface area (Å²) in [7, 11) is 1.60. The number of carbonyl (C=O) groups excluding carboxylic acids is 1. The summed E-state index contributed by atoms with van der Waals surface area (Å²) in [6, 6.07) is 0. The van der Waals surface area contributed by atoms with Gasteiger partial charge in [0, 0.05) is 32.8 Å². The van der Waals surface area contributed by atoms with Gasteiger partial charge in [-0.05, 0) is 12.8 Å². The Balaban J connectivity index is 2.19. The average Bonchev–Trinajstić information content (AvgIpc) is 2.21. The number of carbonyl (C=O) groups is 1. The molecule has 0 bridgehead atoms. The van der Waals surface area contributed by atoms with Gasteiger partial charge in [0.15, 0.2) is 0 Å². The number of hydrogen-bond acceptors (Lipinski definition) is 2. The Labute approximate surface area is 84.0 Å². The van der Waals surface area contributed by atoms with Gasteiger partial charge in [0.1, 0.15) is 6.17 Å². The molecule has 1 saturated heterocycles. The minimum atomic E-state index is -0.630. The zero-order valence-corrected chi connectivity index (χ0v) is 8.50. The Morgan fingerprint density at radius 2 is 2.21 bits per heavy atom. The van der Waals surface area contributed by atoms with E-state index >= 15 is 0 Å². The molecule has 1 aliphatic heterocycles. The monoisotopic (exact) mass is 200 g/mol. The van der Waals surface area contributed by atoms with Crippen LogP contribution in [0.5, 0.6) is 0 Å². The van der Waals surface area contributed by atoms with Crippen molar-refractivity contribution in [3.8, 4) is 0 Å². The maximum Gasteiger partial charge on any atom is 0.243 e. The van der Waals surface area contributed by atoms with Crippen molar-refractivity contribution in [3.05, 3.63) is 12.2 Å². The number of piperidine rings is 1. The van der Waals surface area contributed by atoms with E-state index in [4.69, 9.17) is 0 Å². The Morgan fingerprint density at radius 3 is 2.79 bits per heavy atom. The summed E-state index contributed by atoms with van der Waals surface area (Å²) >= 11 is 0. The minimum absolute atomic E-state index is 0.0922. The molecule has 80 valence electrons. The van der Waals surface area contributed by atoms with Gasteiger partial charge in [-0.3, -0.25) is 9.69 Å². The van der Waals surface area contributed by atoms with Crippen LogP contribution in [0, 0.1) is 0 Å². The molecule has 0 aliphatic carbocycles. The van der Waals surface area contributed by atoms with Crippen LogP contribution in [0.4, 0.5) is 4.39 Å². The molecule has 0 aromatic carbocycles. The predicted octanol–water partition coefficient (Wildman–Crippen LogP) is 0.722. The Bertz CT molecular complexity index is 210. The smallest absolute Gasteiger partial charge is 0.243 e. The molecule has 1 amide bonds. The fourth-order valence-corrected chi connectivity index (χ4v) is 1.48. The zero-order chi connectivity index (χ0) is 10.4. The zero-order valence-electron chi connectivity index (χ0n) is 8.50. The second-order valence-corrected chi connectivity index (χ2v) is 3.49. The standard InChI is InChI=1S/C10H17FN2O/c1-12-10(14)3-2-6-13-7-4-9(11)5-8-13/h2-3,9H,4-8H2,1H3,(H,12,14)/b3-2+. The first-order chi connectivity index (χ1) is 6.72. The number of nitrogens with one attached hydrogen (secondary N) is 1. The summed E-state index contributed by atoms with van der Waals surface area (Å²) < 4.78 is 12.8. The van der Waals surface area contributed by atoms with Gasteiger partial charge in [-0.15, -0.1) is 0 Å².